The molecule has 0 amide bonds. The van der Waals surface area contributed by atoms with E-state index in [1.807, 2.05) is 0 Å². The van der Waals surface area contributed by atoms with Crippen molar-refractivity contribution >= 4 is 17.8 Å². The number of benzene rings is 2. The monoisotopic (exact) mass is 382 g/mol. The van der Waals surface area contributed by atoms with Gasteiger partial charge in [0.2, 0.25) is 0 Å². The predicted octanol–water partition coefficient (Wildman–Crippen LogP) is 2.67. The lowest BCUT2D eigenvalue weighted by molar-refractivity contribution is -0.136. The quantitative estimate of drug-likeness (QED) is 0.447. The summed E-state index contributed by atoms with van der Waals surface area (Å²) in [5, 5.41) is 0. The van der Waals surface area contributed by atoms with Crippen LogP contribution in [0.2, 0.25) is 0 Å². The van der Waals surface area contributed by atoms with Crippen LogP contribution in [0.4, 0.5) is 0 Å². The minimum Gasteiger partial charge on any atom is -0.486 e. The Labute approximate surface area is 161 Å². The largest absolute Gasteiger partial charge is 0.486 e. The fourth-order valence-electron chi connectivity index (χ4n) is 2.81. The molecular formula is C21H18O7. The molecule has 0 saturated carbocycles. The van der Waals surface area contributed by atoms with Crippen LogP contribution in [0, 0.1) is 0 Å². The summed E-state index contributed by atoms with van der Waals surface area (Å²) in [5.74, 6) is 1.49. The van der Waals surface area contributed by atoms with Gasteiger partial charge in [-0.15, -0.1) is 0 Å². The summed E-state index contributed by atoms with van der Waals surface area (Å²) in [6, 6.07) is 10.2. The van der Waals surface area contributed by atoms with Crippen molar-refractivity contribution in [1.82, 2.24) is 0 Å². The van der Waals surface area contributed by atoms with Crippen molar-refractivity contribution in [2.75, 3.05) is 33.0 Å². The molecule has 0 unspecified atom stereocenters. The lowest BCUT2D eigenvalue weighted by Crippen LogP contribution is -2.17. The van der Waals surface area contributed by atoms with Crippen molar-refractivity contribution in [1.29, 1.82) is 0 Å². The molecule has 7 heteroatoms. The van der Waals surface area contributed by atoms with Crippen molar-refractivity contribution in [3.8, 4) is 23.0 Å². The standard InChI is InChI=1S/C21H18O7/c22-16(15-3-5-18-20(12-15)27-10-8-25-18)13-28-21(23)6-2-14-1-4-17-19(11-14)26-9-7-24-17/h1-6,11-12H,7-10,13H2/b6-2+. The molecule has 0 N–H and O–H groups in total. The first-order chi connectivity index (χ1) is 13.7. The summed E-state index contributed by atoms with van der Waals surface area (Å²) < 4.78 is 26.9. The summed E-state index contributed by atoms with van der Waals surface area (Å²) in [4.78, 5) is 24.2. The summed E-state index contributed by atoms with van der Waals surface area (Å²) >= 11 is 0. The highest BCUT2D eigenvalue weighted by atomic mass is 16.6. The molecule has 2 heterocycles. The second-order valence-corrected chi connectivity index (χ2v) is 6.13. The summed E-state index contributed by atoms with van der Waals surface area (Å²) in [7, 11) is 0. The van der Waals surface area contributed by atoms with Crippen molar-refractivity contribution in [2.24, 2.45) is 0 Å². The van der Waals surface area contributed by atoms with E-state index in [2.05, 4.69) is 0 Å². The van der Waals surface area contributed by atoms with Gasteiger partial charge in [-0.3, -0.25) is 4.79 Å². The zero-order valence-corrected chi connectivity index (χ0v) is 15.0. The average molecular weight is 382 g/mol. The third-order valence-corrected chi connectivity index (χ3v) is 4.19. The van der Waals surface area contributed by atoms with Gasteiger partial charge in [-0.1, -0.05) is 6.07 Å². The van der Waals surface area contributed by atoms with Crippen molar-refractivity contribution in [3.05, 3.63) is 53.6 Å². The van der Waals surface area contributed by atoms with E-state index in [-0.39, 0.29) is 12.4 Å². The molecule has 2 aromatic carbocycles. The topological polar surface area (TPSA) is 80.3 Å². The highest BCUT2D eigenvalue weighted by Crippen LogP contribution is 2.32. The van der Waals surface area contributed by atoms with Crippen molar-refractivity contribution in [2.45, 2.75) is 0 Å². The summed E-state index contributed by atoms with van der Waals surface area (Å²) in [6.45, 7) is 1.57. The van der Waals surface area contributed by atoms with E-state index in [0.717, 1.165) is 5.56 Å². The van der Waals surface area contributed by atoms with Gasteiger partial charge in [-0.05, 0) is 42.0 Å². The maximum absolute atomic E-state index is 12.2. The van der Waals surface area contributed by atoms with Crippen molar-refractivity contribution in [3.63, 3.8) is 0 Å². The molecule has 0 aliphatic carbocycles. The molecule has 0 aromatic heterocycles. The molecule has 0 radical (unpaired) electrons. The van der Waals surface area contributed by atoms with Crippen LogP contribution in [0.15, 0.2) is 42.5 Å². The highest BCUT2D eigenvalue weighted by molar-refractivity contribution is 5.99. The Morgan fingerprint density at radius 1 is 0.821 bits per heavy atom. The Bertz CT molecular complexity index is 932. The van der Waals surface area contributed by atoms with E-state index in [9.17, 15) is 9.59 Å². The van der Waals surface area contributed by atoms with Gasteiger partial charge in [0, 0.05) is 11.6 Å². The van der Waals surface area contributed by atoms with Gasteiger partial charge in [0.1, 0.15) is 26.4 Å². The fourth-order valence-corrected chi connectivity index (χ4v) is 2.81. The molecular weight excluding hydrogens is 364 g/mol. The molecule has 28 heavy (non-hydrogen) atoms. The van der Waals surface area contributed by atoms with Gasteiger partial charge in [0.25, 0.3) is 0 Å². The van der Waals surface area contributed by atoms with E-state index >= 15 is 0 Å². The number of fused-ring (bicyclic) bond motifs is 2. The number of ether oxygens (including phenoxy) is 5. The third kappa shape index (κ3) is 4.09. The lowest BCUT2D eigenvalue weighted by Gasteiger charge is -2.18. The fraction of sp³-hybridized carbons (Fsp3) is 0.238. The van der Waals surface area contributed by atoms with Gasteiger partial charge in [0.15, 0.2) is 35.4 Å². The van der Waals surface area contributed by atoms with Crippen LogP contribution < -0.4 is 18.9 Å². The van der Waals surface area contributed by atoms with Crippen LogP contribution >= 0.6 is 0 Å². The zero-order valence-electron chi connectivity index (χ0n) is 15.0. The zero-order chi connectivity index (χ0) is 19.3. The van der Waals surface area contributed by atoms with Crippen molar-refractivity contribution < 1.29 is 33.3 Å². The number of hydrogen-bond donors (Lipinski definition) is 0. The second-order valence-electron chi connectivity index (χ2n) is 6.13. The number of carbonyl (C=O) groups excluding carboxylic acids is 2. The number of carbonyl (C=O) groups is 2. The van der Waals surface area contributed by atoms with Gasteiger partial charge in [0.05, 0.1) is 0 Å². The molecule has 0 bridgehead atoms. The lowest BCUT2D eigenvalue weighted by atomic mass is 10.1. The van der Waals surface area contributed by atoms with Crippen LogP contribution in [0.3, 0.4) is 0 Å². The van der Waals surface area contributed by atoms with Crippen LogP contribution in [-0.2, 0) is 9.53 Å². The van der Waals surface area contributed by atoms with Gasteiger partial charge in [-0.2, -0.15) is 0 Å². The van der Waals surface area contributed by atoms with Gasteiger partial charge < -0.3 is 23.7 Å². The normalized spacial score (nSPS) is 14.6. The molecule has 0 atom stereocenters. The molecule has 144 valence electrons. The average Bonchev–Trinajstić information content (AvgIpc) is 2.75. The first-order valence-corrected chi connectivity index (χ1v) is 8.86. The Balaban J connectivity index is 1.33. The maximum Gasteiger partial charge on any atom is 0.331 e. The molecule has 0 fully saturated rings. The summed E-state index contributed by atoms with van der Waals surface area (Å²) in [5.41, 5.74) is 1.16. The minimum atomic E-state index is -0.610. The van der Waals surface area contributed by atoms with E-state index in [0.29, 0.717) is 55.0 Å². The van der Waals surface area contributed by atoms with E-state index in [1.165, 1.54) is 6.08 Å². The van der Waals surface area contributed by atoms with E-state index in [1.54, 1.807) is 42.5 Å². The van der Waals surface area contributed by atoms with Crippen LogP contribution in [0.25, 0.3) is 6.08 Å². The Hall–Kier alpha value is -3.48. The highest BCUT2D eigenvalue weighted by Gasteiger charge is 2.16. The number of Topliss-reactive ketones (excluding diaryl/α,β-unsaturated/α-hetero) is 1. The Morgan fingerprint density at radius 3 is 2.14 bits per heavy atom. The molecule has 7 nitrogen and oxygen atoms in total. The first kappa shape index (κ1) is 17.9. The van der Waals surface area contributed by atoms with Crippen LogP contribution in [0.5, 0.6) is 23.0 Å². The van der Waals surface area contributed by atoms with Crippen LogP contribution in [0.1, 0.15) is 15.9 Å². The smallest absolute Gasteiger partial charge is 0.331 e. The van der Waals surface area contributed by atoms with E-state index < -0.39 is 5.97 Å². The summed E-state index contributed by atoms with van der Waals surface area (Å²) in [6.07, 6.45) is 2.86. The number of rotatable bonds is 5. The third-order valence-electron chi connectivity index (χ3n) is 4.19. The predicted molar refractivity (Wildman–Crippen MR) is 99.2 cm³/mol. The molecule has 2 aliphatic rings. The minimum absolute atomic E-state index is 0.321. The first-order valence-electron chi connectivity index (χ1n) is 8.86. The van der Waals surface area contributed by atoms with E-state index in [4.69, 9.17) is 23.7 Å². The molecule has 2 aromatic rings. The Kier molecular flexibility index (Phi) is 5.14. The maximum atomic E-state index is 12.2. The molecule has 0 saturated heterocycles. The number of hydrogen-bond acceptors (Lipinski definition) is 7. The molecule has 0 spiro atoms. The molecule has 2 aliphatic heterocycles. The molecule has 4 rings (SSSR count). The number of ketones is 1. The van der Waals surface area contributed by atoms with Gasteiger partial charge in [-0.25, -0.2) is 4.79 Å². The Morgan fingerprint density at radius 2 is 1.43 bits per heavy atom. The van der Waals surface area contributed by atoms with Gasteiger partial charge >= 0.3 is 5.97 Å². The second kappa shape index (κ2) is 8.04. The van der Waals surface area contributed by atoms with Crippen LogP contribution in [-0.4, -0.2) is 44.8 Å². The SMILES string of the molecule is O=C(/C=C/c1ccc2c(c1)OCCO2)OCC(=O)c1ccc2c(c1)OCCO2. The number of esters is 1.